The maximum absolute atomic E-state index is 13.1. The summed E-state index contributed by atoms with van der Waals surface area (Å²) in [5.74, 6) is 0.591. The van der Waals surface area contributed by atoms with Crippen LogP contribution in [0.5, 0.6) is 0 Å². The molecule has 2 aromatic heterocycles. The third-order valence-electron chi connectivity index (χ3n) is 5.02. The van der Waals surface area contributed by atoms with Crippen molar-refractivity contribution in [2.45, 2.75) is 44.6 Å². The van der Waals surface area contributed by atoms with Crippen LogP contribution in [0.25, 0.3) is 11.0 Å². The predicted octanol–water partition coefficient (Wildman–Crippen LogP) is 3.62. The third-order valence-corrected chi connectivity index (χ3v) is 7.15. The molecule has 0 bridgehead atoms. The summed E-state index contributed by atoms with van der Waals surface area (Å²) in [4.78, 5) is 35.6. The first-order valence-electron chi connectivity index (χ1n) is 10.3. The van der Waals surface area contributed by atoms with Crippen LogP contribution >= 0.6 is 23.1 Å². The molecular weight excluding hydrogens is 434 g/mol. The number of nitrogens with zero attached hydrogens (tertiary/aromatic N) is 3. The number of aromatic nitrogens is 3. The Bertz CT molecular complexity index is 1140. The standard InChI is InChI=1S/C21H25N5O3S2/c1-3-14-18(31-12(2)23-14)20(28)25-21-24-15-10-13(19(22)27)11-16-17(15)26(21)6-4-7-29-8-5-9-30-16/h10-11H,3-9H2,1-2H3,(H2,22,27)(H,24,25,28). The minimum absolute atomic E-state index is 0.219. The van der Waals surface area contributed by atoms with Crippen molar-refractivity contribution in [1.29, 1.82) is 0 Å². The summed E-state index contributed by atoms with van der Waals surface area (Å²) < 4.78 is 7.72. The van der Waals surface area contributed by atoms with Gasteiger partial charge in [0, 0.05) is 36.0 Å². The van der Waals surface area contributed by atoms with Crippen LogP contribution in [0.3, 0.4) is 0 Å². The Balaban J connectivity index is 1.79. The summed E-state index contributed by atoms with van der Waals surface area (Å²) >= 11 is 3.03. The van der Waals surface area contributed by atoms with E-state index in [2.05, 4.69) is 15.3 Å². The Hall–Kier alpha value is -2.43. The summed E-state index contributed by atoms with van der Waals surface area (Å²) in [7, 11) is 0. The molecule has 2 amide bonds. The predicted molar refractivity (Wildman–Crippen MR) is 123 cm³/mol. The molecule has 0 radical (unpaired) electrons. The van der Waals surface area contributed by atoms with E-state index < -0.39 is 5.91 Å². The van der Waals surface area contributed by atoms with Crippen LogP contribution in [0, 0.1) is 6.92 Å². The van der Waals surface area contributed by atoms with Crippen molar-refractivity contribution < 1.29 is 14.3 Å². The van der Waals surface area contributed by atoms with Crippen LogP contribution in [-0.2, 0) is 17.7 Å². The number of benzene rings is 1. The van der Waals surface area contributed by atoms with Gasteiger partial charge in [-0.05, 0) is 38.3 Å². The van der Waals surface area contributed by atoms with Gasteiger partial charge in [-0.1, -0.05) is 6.92 Å². The Labute approximate surface area is 188 Å². The topological polar surface area (TPSA) is 112 Å². The van der Waals surface area contributed by atoms with Gasteiger partial charge < -0.3 is 15.0 Å². The fourth-order valence-corrected chi connectivity index (χ4v) is 5.56. The molecule has 10 heteroatoms. The fourth-order valence-electron chi connectivity index (χ4n) is 3.61. The molecule has 0 spiro atoms. The smallest absolute Gasteiger partial charge is 0.269 e. The van der Waals surface area contributed by atoms with E-state index in [4.69, 9.17) is 10.5 Å². The number of imidazole rings is 1. The molecule has 4 rings (SSSR count). The van der Waals surface area contributed by atoms with E-state index in [1.165, 1.54) is 11.3 Å². The number of aryl methyl sites for hydroxylation is 3. The van der Waals surface area contributed by atoms with Crippen molar-refractivity contribution in [2.24, 2.45) is 5.73 Å². The molecule has 164 valence electrons. The number of thioether (sulfide) groups is 1. The number of rotatable bonds is 4. The summed E-state index contributed by atoms with van der Waals surface area (Å²) in [6.45, 7) is 5.86. The van der Waals surface area contributed by atoms with Gasteiger partial charge in [-0.3, -0.25) is 14.9 Å². The van der Waals surface area contributed by atoms with Gasteiger partial charge in [-0.25, -0.2) is 9.97 Å². The van der Waals surface area contributed by atoms with Crippen LogP contribution in [0.4, 0.5) is 5.95 Å². The fraction of sp³-hybridized carbons (Fsp3) is 0.429. The average Bonchev–Trinajstić information content (AvgIpc) is 3.27. The molecule has 3 aromatic rings. The lowest BCUT2D eigenvalue weighted by Crippen LogP contribution is -2.17. The minimum atomic E-state index is -0.496. The van der Waals surface area contributed by atoms with Crippen molar-refractivity contribution in [3.63, 3.8) is 0 Å². The number of nitrogens with two attached hydrogens (primary N) is 1. The van der Waals surface area contributed by atoms with Crippen LogP contribution < -0.4 is 11.1 Å². The van der Waals surface area contributed by atoms with Crippen molar-refractivity contribution in [3.8, 4) is 0 Å². The van der Waals surface area contributed by atoms with E-state index in [1.54, 1.807) is 17.8 Å². The molecule has 31 heavy (non-hydrogen) atoms. The van der Waals surface area contributed by atoms with Gasteiger partial charge >= 0.3 is 0 Å². The molecule has 1 aromatic carbocycles. The Morgan fingerprint density at radius 2 is 2.06 bits per heavy atom. The van der Waals surface area contributed by atoms with Crippen LogP contribution in [0.2, 0.25) is 0 Å². The lowest BCUT2D eigenvalue weighted by Gasteiger charge is -2.12. The second-order valence-corrected chi connectivity index (χ2v) is 9.62. The van der Waals surface area contributed by atoms with E-state index in [0.29, 0.717) is 48.1 Å². The maximum Gasteiger partial charge on any atom is 0.269 e. The van der Waals surface area contributed by atoms with Crippen molar-refractivity contribution >= 4 is 51.9 Å². The summed E-state index contributed by atoms with van der Waals surface area (Å²) in [6, 6.07) is 3.51. The van der Waals surface area contributed by atoms with Crippen LogP contribution in [-0.4, -0.2) is 45.3 Å². The molecule has 0 atom stereocenters. The molecular formula is C21H25N5O3S2. The molecule has 0 fully saturated rings. The van der Waals surface area contributed by atoms with Gasteiger partial charge in [0.2, 0.25) is 11.9 Å². The number of ether oxygens (including phenoxy) is 1. The number of primary amides is 1. The van der Waals surface area contributed by atoms with E-state index in [9.17, 15) is 9.59 Å². The van der Waals surface area contributed by atoms with Gasteiger partial charge in [0.1, 0.15) is 4.88 Å². The molecule has 8 nitrogen and oxygen atoms in total. The average molecular weight is 460 g/mol. The number of anilines is 1. The van der Waals surface area contributed by atoms with Crippen LogP contribution in [0.1, 0.15) is 50.5 Å². The SMILES string of the molecule is CCc1nc(C)sc1C(=O)Nc1nc2cc(C(N)=O)cc3c2n1CCCOCCCS3. The lowest BCUT2D eigenvalue weighted by atomic mass is 10.2. The van der Waals surface area contributed by atoms with Crippen molar-refractivity contribution in [3.05, 3.63) is 33.3 Å². The largest absolute Gasteiger partial charge is 0.381 e. The highest BCUT2D eigenvalue weighted by Crippen LogP contribution is 2.33. The Kier molecular flexibility index (Phi) is 6.59. The summed E-state index contributed by atoms with van der Waals surface area (Å²) in [6.07, 6.45) is 2.38. The van der Waals surface area contributed by atoms with Crippen molar-refractivity contribution in [1.82, 2.24) is 14.5 Å². The van der Waals surface area contributed by atoms with Gasteiger partial charge in [-0.15, -0.1) is 23.1 Å². The second-order valence-electron chi connectivity index (χ2n) is 7.28. The molecule has 0 saturated carbocycles. The molecule has 1 aliphatic rings. The number of nitrogens with one attached hydrogen (secondary N) is 1. The van der Waals surface area contributed by atoms with Crippen molar-refractivity contribution in [2.75, 3.05) is 24.3 Å². The Morgan fingerprint density at radius 1 is 1.26 bits per heavy atom. The number of carbonyl (C=O) groups is 2. The van der Waals surface area contributed by atoms with E-state index >= 15 is 0 Å². The third kappa shape index (κ3) is 4.60. The first-order valence-corrected chi connectivity index (χ1v) is 12.1. The highest BCUT2D eigenvalue weighted by Gasteiger charge is 2.22. The first kappa shape index (κ1) is 21.8. The lowest BCUT2D eigenvalue weighted by molar-refractivity contribution is 0.0997. The Morgan fingerprint density at radius 3 is 2.84 bits per heavy atom. The number of hydrogen-bond acceptors (Lipinski definition) is 7. The molecule has 1 aliphatic heterocycles. The first-order chi connectivity index (χ1) is 15.0. The summed E-state index contributed by atoms with van der Waals surface area (Å²) in [5, 5.41) is 3.84. The molecule has 0 unspecified atom stereocenters. The number of hydrogen-bond donors (Lipinski definition) is 2. The highest BCUT2D eigenvalue weighted by molar-refractivity contribution is 7.99. The zero-order valence-corrected chi connectivity index (χ0v) is 19.2. The minimum Gasteiger partial charge on any atom is -0.381 e. The highest BCUT2D eigenvalue weighted by atomic mass is 32.2. The molecule has 0 aliphatic carbocycles. The number of carbonyl (C=O) groups excluding carboxylic acids is 2. The van der Waals surface area contributed by atoms with Gasteiger partial charge in [-0.2, -0.15) is 0 Å². The zero-order chi connectivity index (χ0) is 22.0. The number of amides is 2. The monoisotopic (exact) mass is 459 g/mol. The summed E-state index contributed by atoms with van der Waals surface area (Å²) in [5.41, 5.74) is 8.30. The van der Waals surface area contributed by atoms with Gasteiger partial charge in [0.25, 0.3) is 5.91 Å². The van der Waals surface area contributed by atoms with E-state index in [0.717, 1.165) is 39.7 Å². The van der Waals surface area contributed by atoms with E-state index in [1.807, 2.05) is 24.5 Å². The zero-order valence-electron chi connectivity index (χ0n) is 17.6. The number of thiazole rings is 1. The molecule has 3 heterocycles. The van der Waals surface area contributed by atoms with Crippen LogP contribution in [0.15, 0.2) is 17.0 Å². The quantitative estimate of drug-likeness (QED) is 0.616. The van der Waals surface area contributed by atoms with Gasteiger partial charge in [0.15, 0.2) is 0 Å². The maximum atomic E-state index is 13.1. The molecule has 3 N–H and O–H groups in total. The second kappa shape index (κ2) is 9.37. The normalized spacial score (nSPS) is 14.9. The van der Waals surface area contributed by atoms with Gasteiger partial charge in [0.05, 0.1) is 21.7 Å². The van der Waals surface area contributed by atoms with E-state index in [-0.39, 0.29) is 5.91 Å². The molecule has 0 saturated heterocycles.